The molecular formula is C11H16N2O2S. The summed E-state index contributed by atoms with van der Waals surface area (Å²) in [7, 11) is 0. The molecule has 0 atom stereocenters. The molecule has 16 heavy (non-hydrogen) atoms. The number of carbonyl (C=O) groups is 1. The van der Waals surface area contributed by atoms with Crippen LogP contribution < -0.4 is 5.32 Å². The second kappa shape index (κ2) is 6.40. The molecule has 0 bridgehead atoms. The van der Waals surface area contributed by atoms with Crippen LogP contribution in [0.1, 0.15) is 24.0 Å². The summed E-state index contributed by atoms with van der Waals surface area (Å²) in [5.74, 6) is -0.839. The molecule has 0 fully saturated rings. The Morgan fingerprint density at radius 3 is 2.94 bits per heavy atom. The first-order chi connectivity index (χ1) is 7.63. The van der Waals surface area contributed by atoms with Gasteiger partial charge in [0.05, 0.1) is 10.7 Å². The van der Waals surface area contributed by atoms with Crippen LogP contribution in [-0.2, 0) is 11.3 Å². The molecule has 0 radical (unpaired) electrons. The Bertz CT molecular complexity index is 385. The fourth-order valence-corrected chi connectivity index (χ4v) is 1.88. The van der Waals surface area contributed by atoms with Gasteiger partial charge in [-0.3, -0.25) is 0 Å². The van der Waals surface area contributed by atoms with E-state index in [1.807, 2.05) is 19.2 Å². The summed E-state index contributed by atoms with van der Waals surface area (Å²) >= 11 is 1.62. The van der Waals surface area contributed by atoms with Crippen molar-refractivity contribution in [1.29, 1.82) is 0 Å². The van der Waals surface area contributed by atoms with Gasteiger partial charge in [0.1, 0.15) is 0 Å². The highest BCUT2D eigenvalue weighted by molar-refractivity contribution is 7.09. The van der Waals surface area contributed by atoms with Crippen LogP contribution in [0.25, 0.3) is 0 Å². The van der Waals surface area contributed by atoms with Crippen LogP contribution in [0.3, 0.4) is 0 Å². The molecule has 1 rings (SSSR count). The van der Waals surface area contributed by atoms with Gasteiger partial charge in [-0.05, 0) is 13.3 Å². The minimum absolute atomic E-state index is 0.446. The lowest BCUT2D eigenvalue weighted by Crippen LogP contribution is -2.14. The van der Waals surface area contributed by atoms with E-state index in [0.717, 1.165) is 10.7 Å². The van der Waals surface area contributed by atoms with E-state index in [1.54, 1.807) is 17.4 Å². The monoisotopic (exact) mass is 240 g/mol. The highest BCUT2D eigenvalue weighted by atomic mass is 32.1. The van der Waals surface area contributed by atoms with Gasteiger partial charge >= 0.3 is 5.97 Å². The quantitative estimate of drug-likeness (QED) is 0.589. The summed E-state index contributed by atoms with van der Waals surface area (Å²) in [5, 5.41) is 15.0. The predicted octanol–water partition coefficient (Wildman–Crippen LogP) is 1.96. The van der Waals surface area contributed by atoms with Crippen LogP contribution in [0.4, 0.5) is 0 Å². The molecule has 0 aliphatic heterocycles. The lowest BCUT2D eigenvalue weighted by Gasteiger charge is -2.00. The second-order valence-electron chi connectivity index (χ2n) is 3.38. The van der Waals surface area contributed by atoms with E-state index in [1.165, 1.54) is 0 Å². The molecular weight excluding hydrogens is 224 g/mol. The zero-order valence-electron chi connectivity index (χ0n) is 9.49. The van der Waals surface area contributed by atoms with E-state index < -0.39 is 5.97 Å². The van der Waals surface area contributed by atoms with Crippen LogP contribution >= 0.6 is 11.3 Å². The first-order valence-electron chi connectivity index (χ1n) is 5.17. The molecule has 1 aromatic heterocycles. The molecule has 1 aromatic rings. The van der Waals surface area contributed by atoms with Gasteiger partial charge in [-0.25, -0.2) is 9.78 Å². The first kappa shape index (κ1) is 12.9. The number of aryl methyl sites for hydroxylation is 1. The van der Waals surface area contributed by atoms with Gasteiger partial charge < -0.3 is 10.4 Å². The average Bonchev–Trinajstić information content (AvgIpc) is 2.64. The highest BCUT2D eigenvalue weighted by Gasteiger charge is 2.02. The number of carboxylic acid groups (broad SMARTS) is 1. The molecule has 0 aliphatic carbocycles. The third-order valence-electron chi connectivity index (χ3n) is 2.12. The van der Waals surface area contributed by atoms with Crippen molar-refractivity contribution in [2.75, 3.05) is 6.54 Å². The lowest BCUT2D eigenvalue weighted by atomic mass is 10.2. The fourth-order valence-electron chi connectivity index (χ4n) is 1.27. The zero-order valence-corrected chi connectivity index (χ0v) is 10.3. The van der Waals surface area contributed by atoms with Crippen molar-refractivity contribution in [3.63, 3.8) is 0 Å². The first-order valence-corrected chi connectivity index (χ1v) is 6.05. The molecule has 88 valence electrons. The Hall–Kier alpha value is -1.20. The van der Waals surface area contributed by atoms with Gasteiger partial charge in [-0.1, -0.05) is 13.0 Å². The Morgan fingerprint density at radius 1 is 1.69 bits per heavy atom. The van der Waals surface area contributed by atoms with Crippen LogP contribution in [0, 0.1) is 6.92 Å². The topological polar surface area (TPSA) is 62.2 Å². The largest absolute Gasteiger partial charge is 0.478 e. The van der Waals surface area contributed by atoms with Crippen LogP contribution in [-0.4, -0.2) is 22.6 Å². The number of thiazole rings is 1. The van der Waals surface area contributed by atoms with Crippen LogP contribution in [0.15, 0.2) is 17.0 Å². The SMILES string of the molecule is CCC(=CCNCc1csc(C)n1)C(=O)O. The molecule has 0 unspecified atom stereocenters. The average molecular weight is 240 g/mol. The molecule has 5 heteroatoms. The molecule has 0 saturated carbocycles. The molecule has 0 saturated heterocycles. The van der Waals surface area contributed by atoms with Crippen molar-refractivity contribution in [2.45, 2.75) is 26.8 Å². The third-order valence-corrected chi connectivity index (χ3v) is 2.94. The minimum Gasteiger partial charge on any atom is -0.478 e. The number of aromatic nitrogens is 1. The van der Waals surface area contributed by atoms with E-state index in [4.69, 9.17) is 5.11 Å². The fraction of sp³-hybridized carbons (Fsp3) is 0.455. The van der Waals surface area contributed by atoms with E-state index in [-0.39, 0.29) is 0 Å². The number of nitrogens with zero attached hydrogens (tertiary/aromatic N) is 1. The zero-order chi connectivity index (χ0) is 12.0. The van der Waals surface area contributed by atoms with Crippen molar-refractivity contribution in [3.05, 3.63) is 27.7 Å². The van der Waals surface area contributed by atoms with E-state index in [2.05, 4.69) is 10.3 Å². The Kier molecular flexibility index (Phi) is 5.14. The maximum atomic E-state index is 10.7. The third kappa shape index (κ3) is 4.12. The van der Waals surface area contributed by atoms with Gasteiger partial charge in [0.25, 0.3) is 0 Å². The lowest BCUT2D eigenvalue weighted by molar-refractivity contribution is -0.132. The predicted molar refractivity (Wildman–Crippen MR) is 64.6 cm³/mol. The van der Waals surface area contributed by atoms with E-state index >= 15 is 0 Å². The van der Waals surface area contributed by atoms with Crippen molar-refractivity contribution in [2.24, 2.45) is 0 Å². The Balaban J connectivity index is 2.33. The van der Waals surface area contributed by atoms with Gasteiger partial charge in [0.15, 0.2) is 0 Å². The van der Waals surface area contributed by atoms with E-state index in [0.29, 0.717) is 25.1 Å². The van der Waals surface area contributed by atoms with Crippen LogP contribution in [0.2, 0.25) is 0 Å². The van der Waals surface area contributed by atoms with Crippen LogP contribution in [0.5, 0.6) is 0 Å². The van der Waals surface area contributed by atoms with Crippen molar-refractivity contribution in [1.82, 2.24) is 10.3 Å². The number of carboxylic acids is 1. The number of hydrogen-bond acceptors (Lipinski definition) is 4. The van der Waals surface area contributed by atoms with Gasteiger partial charge in [0, 0.05) is 24.0 Å². The molecule has 0 aromatic carbocycles. The summed E-state index contributed by atoms with van der Waals surface area (Å²) in [6.45, 7) is 5.04. The highest BCUT2D eigenvalue weighted by Crippen LogP contribution is 2.07. The number of rotatable bonds is 6. The molecule has 0 aliphatic rings. The molecule has 2 N–H and O–H groups in total. The molecule has 1 heterocycles. The second-order valence-corrected chi connectivity index (χ2v) is 4.44. The van der Waals surface area contributed by atoms with Gasteiger partial charge in [0.2, 0.25) is 0 Å². The van der Waals surface area contributed by atoms with Crippen molar-refractivity contribution >= 4 is 17.3 Å². The summed E-state index contributed by atoms with van der Waals surface area (Å²) in [6.07, 6.45) is 2.26. The maximum absolute atomic E-state index is 10.7. The Morgan fingerprint density at radius 2 is 2.44 bits per heavy atom. The van der Waals surface area contributed by atoms with Gasteiger partial charge in [-0.15, -0.1) is 11.3 Å². The maximum Gasteiger partial charge on any atom is 0.331 e. The smallest absolute Gasteiger partial charge is 0.331 e. The summed E-state index contributed by atoms with van der Waals surface area (Å²) in [5.41, 5.74) is 1.45. The molecule has 0 amide bonds. The number of nitrogens with one attached hydrogen (secondary N) is 1. The summed E-state index contributed by atoms with van der Waals surface area (Å²) in [4.78, 5) is 15.0. The summed E-state index contributed by atoms with van der Waals surface area (Å²) in [6, 6.07) is 0. The van der Waals surface area contributed by atoms with Crippen molar-refractivity contribution < 1.29 is 9.90 Å². The normalized spacial score (nSPS) is 11.8. The standard InChI is InChI=1S/C11H16N2O2S/c1-3-9(11(14)15)4-5-12-6-10-7-16-8(2)13-10/h4,7,12H,3,5-6H2,1-2H3,(H,14,15). The van der Waals surface area contributed by atoms with Gasteiger partial charge in [-0.2, -0.15) is 0 Å². The Labute approximate surface area is 99.0 Å². The minimum atomic E-state index is -0.839. The molecule has 0 spiro atoms. The molecule has 4 nitrogen and oxygen atoms in total. The van der Waals surface area contributed by atoms with Crippen molar-refractivity contribution in [3.8, 4) is 0 Å². The van der Waals surface area contributed by atoms with E-state index in [9.17, 15) is 4.79 Å². The number of hydrogen-bond donors (Lipinski definition) is 2. The number of aliphatic carboxylic acids is 1. The summed E-state index contributed by atoms with van der Waals surface area (Å²) < 4.78 is 0.